The van der Waals surface area contributed by atoms with Gasteiger partial charge in [0.1, 0.15) is 12.6 Å². The molecule has 0 saturated heterocycles. The third-order valence-electron chi connectivity index (χ3n) is 6.46. The minimum absolute atomic E-state index is 0.0555. The van der Waals surface area contributed by atoms with Gasteiger partial charge in [0.25, 0.3) is 10.0 Å². The third kappa shape index (κ3) is 7.61. The zero-order chi connectivity index (χ0) is 28.6. The van der Waals surface area contributed by atoms with Crippen molar-refractivity contribution in [3.63, 3.8) is 0 Å². The average molecular weight is 570 g/mol. The molecule has 3 rings (SSSR count). The average Bonchev–Trinajstić information content (AvgIpc) is 2.92. The molecule has 2 amide bonds. The van der Waals surface area contributed by atoms with Gasteiger partial charge in [0.05, 0.1) is 10.6 Å². The maximum Gasteiger partial charge on any atom is 0.264 e. The van der Waals surface area contributed by atoms with Gasteiger partial charge in [-0.3, -0.25) is 13.9 Å². The van der Waals surface area contributed by atoms with Crippen molar-refractivity contribution >= 4 is 39.1 Å². The van der Waals surface area contributed by atoms with Crippen LogP contribution >= 0.6 is 11.6 Å². The quantitative estimate of drug-likeness (QED) is 0.313. The number of carbonyl (C=O) groups excluding carboxylic acids is 2. The molecule has 0 unspecified atom stereocenters. The first-order valence-corrected chi connectivity index (χ1v) is 14.9. The van der Waals surface area contributed by atoms with Crippen LogP contribution in [0.15, 0.2) is 77.7 Å². The van der Waals surface area contributed by atoms with Crippen molar-refractivity contribution in [2.24, 2.45) is 0 Å². The fraction of sp³-hybridized carbons (Fsp3) is 0.333. The number of benzene rings is 3. The highest BCUT2D eigenvalue weighted by atomic mass is 35.5. The second kappa shape index (κ2) is 13.6. The van der Waals surface area contributed by atoms with E-state index in [2.05, 4.69) is 5.32 Å². The van der Waals surface area contributed by atoms with E-state index in [4.69, 9.17) is 11.6 Å². The molecule has 9 heteroatoms. The first-order chi connectivity index (χ1) is 18.6. The Balaban J connectivity index is 2.06. The molecule has 0 heterocycles. The monoisotopic (exact) mass is 569 g/mol. The number of nitrogens with zero attached hydrogens (tertiary/aromatic N) is 2. The van der Waals surface area contributed by atoms with Crippen molar-refractivity contribution in [2.75, 3.05) is 17.4 Å². The maximum absolute atomic E-state index is 14.0. The van der Waals surface area contributed by atoms with Gasteiger partial charge in [-0.05, 0) is 62.1 Å². The summed E-state index contributed by atoms with van der Waals surface area (Å²) in [6.07, 6.45) is 1.13. The van der Waals surface area contributed by atoms with Crippen molar-refractivity contribution < 1.29 is 18.0 Å². The van der Waals surface area contributed by atoms with Crippen molar-refractivity contribution in [1.29, 1.82) is 0 Å². The van der Waals surface area contributed by atoms with Gasteiger partial charge in [0, 0.05) is 18.1 Å². The lowest BCUT2D eigenvalue weighted by Gasteiger charge is -2.33. The number of amides is 2. The van der Waals surface area contributed by atoms with Gasteiger partial charge in [-0.2, -0.15) is 0 Å². The first-order valence-electron chi connectivity index (χ1n) is 13.0. The summed E-state index contributed by atoms with van der Waals surface area (Å²) in [7, 11) is -4.14. The van der Waals surface area contributed by atoms with Crippen LogP contribution in [-0.4, -0.2) is 44.3 Å². The van der Waals surface area contributed by atoms with E-state index in [-0.39, 0.29) is 23.0 Å². The van der Waals surface area contributed by atoms with Crippen LogP contribution in [0.1, 0.15) is 43.4 Å². The zero-order valence-electron chi connectivity index (χ0n) is 22.9. The van der Waals surface area contributed by atoms with Crippen LogP contribution in [-0.2, 0) is 26.2 Å². The predicted octanol–water partition coefficient (Wildman–Crippen LogP) is 5.49. The summed E-state index contributed by atoms with van der Waals surface area (Å²) in [5.41, 5.74) is 2.79. The first kappa shape index (κ1) is 30.2. The zero-order valence-corrected chi connectivity index (χ0v) is 24.4. The van der Waals surface area contributed by atoms with Gasteiger partial charge in [-0.25, -0.2) is 8.42 Å². The molecule has 0 aliphatic rings. The predicted molar refractivity (Wildman–Crippen MR) is 156 cm³/mol. The summed E-state index contributed by atoms with van der Waals surface area (Å²) in [6.45, 7) is 7.62. The van der Waals surface area contributed by atoms with Gasteiger partial charge >= 0.3 is 0 Å². The Morgan fingerprint density at radius 3 is 2.21 bits per heavy atom. The maximum atomic E-state index is 14.0. The summed E-state index contributed by atoms with van der Waals surface area (Å²) in [5.74, 6) is -0.764. The van der Waals surface area contributed by atoms with Gasteiger partial charge in [-0.1, -0.05) is 79.5 Å². The van der Waals surface area contributed by atoms with Crippen LogP contribution in [0, 0.1) is 13.8 Å². The Kier molecular flexibility index (Phi) is 10.5. The van der Waals surface area contributed by atoms with Gasteiger partial charge in [0.2, 0.25) is 11.8 Å². The molecule has 0 saturated carbocycles. The highest BCUT2D eigenvalue weighted by Crippen LogP contribution is 2.29. The third-order valence-corrected chi connectivity index (χ3v) is 8.66. The fourth-order valence-corrected chi connectivity index (χ4v) is 5.75. The SMILES string of the molecule is CCCNC(=O)[C@@H](CC)N(Cc1ccccc1)C(=O)CN(c1ccc(C)c(Cl)c1)S(=O)(=O)c1ccc(C)cc1. The van der Waals surface area contributed by atoms with Gasteiger partial charge < -0.3 is 10.2 Å². The van der Waals surface area contributed by atoms with Crippen molar-refractivity contribution in [3.05, 3.63) is 94.5 Å². The normalized spacial score (nSPS) is 12.0. The summed E-state index contributed by atoms with van der Waals surface area (Å²) >= 11 is 6.37. The molecule has 1 atom stereocenters. The molecule has 3 aromatic carbocycles. The molecule has 0 spiro atoms. The van der Waals surface area contributed by atoms with Crippen molar-refractivity contribution in [1.82, 2.24) is 10.2 Å². The molecule has 0 aromatic heterocycles. The van der Waals surface area contributed by atoms with Gasteiger partial charge in [0.15, 0.2) is 0 Å². The van der Waals surface area contributed by atoms with Crippen LogP contribution in [0.3, 0.4) is 0 Å². The van der Waals surface area contributed by atoms with E-state index in [1.807, 2.05) is 58.0 Å². The minimum Gasteiger partial charge on any atom is -0.354 e. The standard InChI is InChI=1S/C30H36ClN3O4S/c1-5-18-32-30(36)28(6-2)33(20-24-10-8-7-9-11-24)29(35)21-34(25-15-14-23(4)27(31)19-25)39(37,38)26-16-12-22(3)13-17-26/h7-17,19,28H,5-6,18,20-21H2,1-4H3,(H,32,36)/t28-/m1/s1. The Morgan fingerprint density at radius 2 is 1.62 bits per heavy atom. The van der Waals surface area contributed by atoms with Crippen molar-refractivity contribution in [3.8, 4) is 0 Å². The number of carbonyl (C=O) groups is 2. The largest absolute Gasteiger partial charge is 0.354 e. The van der Waals surface area contributed by atoms with Crippen LogP contribution in [0.4, 0.5) is 5.69 Å². The fourth-order valence-electron chi connectivity index (χ4n) is 4.17. The molecule has 7 nitrogen and oxygen atoms in total. The highest BCUT2D eigenvalue weighted by Gasteiger charge is 2.33. The molecular formula is C30H36ClN3O4S. The second-order valence-corrected chi connectivity index (χ2v) is 11.8. The van der Waals surface area contributed by atoms with E-state index < -0.39 is 28.5 Å². The number of halogens is 1. The van der Waals surface area contributed by atoms with Crippen molar-refractivity contribution in [2.45, 2.75) is 58.0 Å². The molecule has 0 aliphatic heterocycles. The summed E-state index contributed by atoms with van der Waals surface area (Å²) in [6, 6.07) is 19.9. The molecule has 0 bridgehead atoms. The molecule has 0 fully saturated rings. The molecular weight excluding hydrogens is 534 g/mol. The van der Waals surface area contributed by atoms with Crippen LogP contribution in [0.25, 0.3) is 0 Å². The lowest BCUT2D eigenvalue weighted by Crippen LogP contribution is -2.52. The van der Waals surface area contributed by atoms with Crippen LogP contribution in [0.5, 0.6) is 0 Å². The van der Waals surface area contributed by atoms with E-state index in [1.165, 1.54) is 17.0 Å². The molecule has 0 radical (unpaired) electrons. The van der Waals surface area contributed by atoms with E-state index in [1.54, 1.807) is 30.3 Å². The number of nitrogens with one attached hydrogen (secondary N) is 1. The Labute approximate surface area is 236 Å². The number of hydrogen-bond donors (Lipinski definition) is 1. The van der Waals surface area contributed by atoms with E-state index in [9.17, 15) is 18.0 Å². The number of anilines is 1. The Hall–Kier alpha value is -3.36. The second-order valence-electron chi connectivity index (χ2n) is 9.48. The smallest absolute Gasteiger partial charge is 0.264 e. The Morgan fingerprint density at radius 1 is 0.949 bits per heavy atom. The van der Waals surface area contributed by atoms with Crippen LogP contribution in [0.2, 0.25) is 5.02 Å². The summed E-state index contributed by atoms with van der Waals surface area (Å²) in [5, 5.41) is 3.27. The number of aryl methyl sites for hydroxylation is 2. The summed E-state index contributed by atoms with van der Waals surface area (Å²) < 4.78 is 28.9. The molecule has 0 aliphatic carbocycles. The molecule has 208 valence electrons. The Bertz CT molecular complexity index is 1380. The number of rotatable bonds is 12. The minimum atomic E-state index is -4.14. The number of sulfonamides is 1. The molecule has 3 aromatic rings. The van der Waals surface area contributed by atoms with Crippen LogP contribution < -0.4 is 9.62 Å². The summed E-state index contributed by atoms with van der Waals surface area (Å²) in [4.78, 5) is 28.6. The van der Waals surface area contributed by atoms with Gasteiger partial charge in [-0.15, -0.1) is 0 Å². The molecule has 1 N–H and O–H groups in total. The van der Waals surface area contributed by atoms with E-state index >= 15 is 0 Å². The van der Waals surface area contributed by atoms with E-state index in [0.29, 0.717) is 18.0 Å². The number of hydrogen-bond acceptors (Lipinski definition) is 4. The lowest BCUT2D eigenvalue weighted by molar-refractivity contribution is -0.140. The highest BCUT2D eigenvalue weighted by molar-refractivity contribution is 7.92. The van der Waals surface area contributed by atoms with E-state index in [0.717, 1.165) is 27.4 Å². The lowest BCUT2D eigenvalue weighted by atomic mass is 10.1. The molecule has 39 heavy (non-hydrogen) atoms. The topological polar surface area (TPSA) is 86.8 Å².